The van der Waals surface area contributed by atoms with Crippen molar-refractivity contribution < 1.29 is 22.3 Å². The first-order valence-electron chi connectivity index (χ1n) is 5.50. The largest absolute Gasteiger partial charge is 0.373 e. The Balaban J connectivity index is 2.37. The quantitative estimate of drug-likeness (QED) is 0.741. The maximum absolute atomic E-state index is 12.6. The molecule has 0 bridgehead atoms. The Kier molecular flexibility index (Phi) is 6.52. The lowest BCUT2D eigenvalue weighted by Crippen LogP contribution is -2.37. The number of thiophene rings is 1. The molecule has 1 heterocycles. The van der Waals surface area contributed by atoms with Gasteiger partial charge in [0.05, 0.1) is 10.9 Å². The van der Waals surface area contributed by atoms with Crippen LogP contribution in [0.2, 0.25) is 4.34 Å². The third kappa shape index (κ3) is 5.64. The molecule has 1 unspecified atom stereocenters. The highest BCUT2D eigenvalue weighted by atomic mass is 35.5. The van der Waals surface area contributed by atoms with Gasteiger partial charge in [-0.1, -0.05) is 11.6 Å². The molecule has 2 nitrogen and oxygen atoms in total. The fourth-order valence-corrected chi connectivity index (χ4v) is 2.52. The highest BCUT2D eigenvalue weighted by Crippen LogP contribution is 2.24. The molecule has 8 heteroatoms. The van der Waals surface area contributed by atoms with Crippen LogP contribution in [0, 0.1) is 0 Å². The van der Waals surface area contributed by atoms with Gasteiger partial charge in [-0.15, -0.1) is 11.3 Å². The van der Waals surface area contributed by atoms with E-state index in [0.717, 1.165) is 4.88 Å². The molecule has 19 heavy (non-hydrogen) atoms. The van der Waals surface area contributed by atoms with Crippen molar-refractivity contribution in [1.82, 2.24) is 5.32 Å². The van der Waals surface area contributed by atoms with E-state index >= 15 is 0 Å². The lowest BCUT2D eigenvalue weighted by Gasteiger charge is -2.19. The summed E-state index contributed by atoms with van der Waals surface area (Å²) in [6.45, 7) is -1.36. The van der Waals surface area contributed by atoms with E-state index in [1.165, 1.54) is 11.3 Å². The summed E-state index contributed by atoms with van der Waals surface area (Å²) >= 11 is 7.15. The summed E-state index contributed by atoms with van der Waals surface area (Å²) in [6.07, 6.45) is -3.18. The highest BCUT2D eigenvalue weighted by molar-refractivity contribution is 7.16. The number of hydrogen-bond acceptors (Lipinski definition) is 3. The fourth-order valence-electron chi connectivity index (χ4n) is 1.35. The highest BCUT2D eigenvalue weighted by Gasteiger charge is 2.41. The van der Waals surface area contributed by atoms with Gasteiger partial charge in [0.1, 0.15) is 6.61 Å². The maximum Gasteiger partial charge on any atom is 0.330 e. The van der Waals surface area contributed by atoms with Crippen LogP contribution >= 0.6 is 22.9 Å². The minimum Gasteiger partial charge on any atom is -0.373 e. The van der Waals surface area contributed by atoms with Crippen molar-refractivity contribution in [2.45, 2.75) is 24.8 Å². The smallest absolute Gasteiger partial charge is 0.330 e. The van der Waals surface area contributed by atoms with Crippen molar-refractivity contribution in [3.05, 3.63) is 21.3 Å². The van der Waals surface area contributed by atoms with Crippen LogP contribution in [-0.2, 0) is 11.2 Å². The average molecular weight is 320 g/mol. The second-order valence-electron chi connectivity index (χ2n) is 3.97. The lowest BCUT2D eigenvalue weighted by molar-refractivity contribution is -0.166. The van der Waals surface area contributed by atoms with Gasteiger partial charge in [0.25, 0.3) is 0 Å². The predicted octanol–water partition coefficient (Wildman–Crippen LogP) is 3.45. The number of hydrogen-bond donors (Lipinski definition) is 1. The van der Waals surface area contributed by atoms with Gasteiger partial charge in [0.15, 0.2) is 0 Å². The molecule has 0 amide bonds. The molecular weight excluding hydrogens is 306 g/mol. The van der Waals surface area contributed by atoms with E-state index in [1.807, 2.05) is 6.07 Å². The van der Waals surface area contributed by atoms with E-state index in [1.54, 1.807) is 13.1 Å². The second-order valence-corrected chi connectivity index (χ2v) is 5.77. The number of alkyl halides is 4. The predicted molar refractivity (Wildman–Crippen MR) is 67.7 cm³/mol. The van der Waals surface area contributed by atoms with Gasteiger partial charge >= 0.3 is 12.3 Å². The van der Waals surface area contributed by atoms with E-state index in [-0.39, 0.29) is 12.6 Å². The first-order chi connectivity index (χ1) is 8.85. The second kappa shape index (κ2) is 7.42. The number of rotatable bonds is 8. The molecule has 1 aromatic rings. The zero-order valence-electron chi connectivity index (χ0n) is 10.1. The van der Waals surface area contributed by atoms with Crippen LogP contribution < -0.4 is 5.32 Å². The SMILES string of the molecule is CNC(COCC(F)(F)C(F)F)Cc1ccc(Cl)s1. The molecule has 0 spiro atoms. The summed E-state index contributed by atoms with van der Waals surface area (Å²) in [5, 5.41) is 2.88. The van der Waals surface area contributed by atoms with Gasteiger partial charge < -0.3 is 10.1 Å². The van der Waals surface area contributed by atoms with E-state index in [2.05, 4.69) is 10.1 Å². The molecular formula is C11H14ClF4NOS. The normalized spacial score (nSPS) is 14.1. The van der Waals surface area contributed by atoms with Crippen molar-refractivity contribution in [2.24, 2.45) is 0 Å². The van der Waals surface area contributed by atoms with Gasteiger partial charge in [-0.05, 0) is 25.6 Å². The Labute approximate surface area is 117 Å². The molecule has 0 saturated carbocycles. The van der Waals surface area contributed by atoms with Crippen molar-refractivity contribution >= 4 is 22.9 Å². The first-order valence-corrected chi connectivity index (χ1v) is 6.70. The molecule has 0 aliphatic rings. The Hall–Kier alpha value is -0.370. The van der Waals surface area contributed by atoms with Crippen LogP contribution in [0.5, 0.6) is 0 Å². The van der Waals surface area contributed by atoms with Gasteiger partial charge in [0, 0.05) is 10.9 Å². The first kappa shape index (κ1) is 16.7. The van der Waals surface area contributed by atoms with Gasteiger partial charge in [-0.2, -0.15) is 8.78 Å². The third-order valence-corrected chi connectivity index (χ3v) is 3.67. The summed E-state index contributed by atoms with van der Waals surface area (Å²) in [5.74, 6) is -4.11. The van der Waals surface area contributed by atoms with Crippen LogP contribution in [0.4, 0.5) is 17.6 Å². The molecule has 0 aliphatic carbocycles. The summed E-state index contributed by atoms with van der Waals surface area (Å²) in [4.78, 5) is 0.966. The van der Waals surface area contributed by atoms with Crippen molar-refractivity contribution in [2.75, 3.05) is 20.3 Å². The molecule has 0 aromatic carbocycles. The van der Waals surface area contributed by atoms with E-state index < -0.39 is 19.0 Å². The molecule has 0 radical (unpaired) electrons. The minimum atomic E-state index is -4.11. The van der Waals surface area contributed by atoms with E-state index in [4.69, 9.17) is 11.6 Å². The Morgan fingerprint density at radius 3 is 2.58 bits per heavy atom. The Morgan fingerprint density at radius 2 is 2.11 bits per heavy atom. The average Bonchev–Trinajstić information content (AvgIpc) is 2.73. The Bertz CT molecular complexity index is 389. The minimum absolute atomic E-state index is 0.0751. The molecule has 0 fully saturated rings. The number of ether oxygens (including phenoxy) is 1. The van der Waals surface area contributed by atoms with E-state index in [0.29, 0.717) is 10.8 Å². The fraction of sp³-hybridized carbons (Fsp3) is 0.636. The third-order valence-electron chi connectivity index (χ3n) is 2.42. The molecule has 1 N–H and O–H groups in total. The van der Waals surface area contributed by atoms with Crippen LogP contribution in [0.1, 0.15) is 4.88 Å². The summed E-state index contributed by atoms with van der Waals surface area (Å²) in [6, 6.07) is 3.33. The number of halogens is 5. The van der Waals surface area contributed by atoms with Crippen molar-refractivity contribution in [1.29, 1.82) is 0 Å². The van der Waals surface area contributed by atoms with Crippen LogP contribution in [-0.4, -0.2) is 38.7 Å². The standard InChI is InChI=1S/C11H14ClF4NOS/c1-17-7(4-8-2-3-9(12)19-8)5-18-6-11(15,16)10(13)14/h2-3,7,10,17H,4-6H2,1H3. The molecule has 1 aromatic heterocycles. The number of likely N-dealkylation sites (N-methyl/N-ethyl adjacent to an activating group) is 1. The van der Waals surface area contributed by atoms with E-state index in [9.17, 15) is 17.6 Å². The number of nitrogens with one attached hydrogen (secondary N) is 1. The zero-order valence-corrected chi connectivity index (χ0v) is 11.7. The Morgan fingerprint density at radius 1 is 1.42 bits per heavy atom. The maximum atomic E-state index is 12.6. The monoisotopic (exact) mass is 319 g/mol. The molecule has 0 saturated heterocycles. The topological polar surface area (TPSA) is 21.3 Å². The van der Waals surface area contributed by atoms with Crippen molar-refractivity contribution in [3.63, 3.8) is 0 Å². The molecule has 110 valence electrons. The molecule has 1 atom stereocenters. The van der Waals surface area contributed by atoms with Crippen LogP contribution in [0.15, 0.2) is 12.1 Å². The molecule has 1 rings (SSSR count). The lowest BCUT2D eigenvalue weighted by atomic mass is 10.2. The summed E-state index contributed by atoms with van der Waals surface area (Å²) in [5.41, 5.74) is 0. The van der Waals surface area contributed by atoms with Gasteiger partial charge in [-0.3, -0.25) is 0 Å². The zero-order chi connectivity index (χ0) is 14.5. The van der Waals surface area contributed by atoms with Gasteiger partial charge in [0.2, 0.25) is 0 Å². The molecule has 0 aliphatic heterocycles. The summed E-state index contributed by atoms with van der Waals surface area (Å²) in [7, 11) is 1.65. The van der Waals surface area contributed by atoms with Crippen molar-refractivity contribution in [3.8, 4) is 0 Å². The van der Waals surface area contributed by atoms with Gasteiger partial charge in [-0.25, -0.2) is 8.78 Å². The summed E-state index contributed by atoms with van der Waals surface area (Å²) < 4.78 is 54.4. The van der Waals surface area contributed by atoms with Crippen LogP contribution in [0.25, 0.3) is 0 Å². The van der Waals surface area contributed by atoms with Crippen LogP contribution in [0.3, 0.4) is 0 Å².